The molecule has 0 spiro atoms. The second-order valence-corrected chi connectivity index (χ2v) is 4.93. The highest BCUT2D eigenvalue weighted by molar-refractivity contribution is 5.32. The van der Waals surface area contributed by atoms with Crippen LogP contribution in [0.2, 0.25) is 0 Å². The maximum Gasteiger partial charge on any atom is 0.416 e. The van der Waals surface area contributed by atoms with Crippen LogP contribution in [-0.4, -0.2) is 11.7 Å². The van der Waals surface area contributed by atoms with Crippen LogP contribution in [0.25, 0.3) is 0 Å². The van der Waals surface area contributed by atoms with Gasteiger partial charge in [-0.05, 0) is 35.9 Å². The van der Waals surface area contributed by atoms with Crippen LogP contribution in [0.1, 0.15) is 22.8 Å². The van der Waals surface area contributed by atoms with Crippen LogP contribution in [0.5, 0.6) is 5.75 Å². The lowest BCUT2D eigenvalue weighted by Crippen LogP contribution is -2.13. The second kappa shape index (κ2) is 6.72. The van der Waals surface area contributed by atoms with E-state index in [1.807, 2.05) is 0 Å². The van der Waals surface area contributed by atoms with Crippen molar-refractivity contribution in [2.75, 3.05) is 6.61 Å². The van der Waals surface area contributed by atoms with Crippen molar-refractivity contribution in [2.24, 2.45) is 0 Å². The van der Waals surface area contributed by atoms with Crippen molar-refractivity contribution in [3.8, 4) is 5.75 Å². The highest BCUT2D eigenvalue weighted by atomic mass is 19.4. The molecule has 8 heteroatoms. The highest BCUT2D eigenvalue weighted by Gasteiger charge is 2.31. The summed E-state index contributed by atoms with van der Waals surface area (Å²) in [5.74, 6) is -0.149. The van der Waals surface area contributed by atoms with Gasteiger partial charge in [0.25, 0.3) is 0 Å². The molecule has 0 amide bonds. The zero-order valence-electron chi connectivity index (χ0n) is 12.0. The van der Waals surface area contributed by atoms with Gasteiger partial charge in [-0.3, -0.25) is 0 Å². The summed E-state index contributed by atoms with van der Waals surface area (Å²) in [7, 11) is 0. The number of rotatable bonds is 4. The molecular formula is C16H12F6O2. The van der Waals surface area contributed by atoms with Crippen LogP contribution in [0.4, 0.5) is 26.3 Å². The van der Waals surface area contributed by atoms with Gasteiger partial charge in [-0.25, -0.2) is 0 Å². The van der Waals surface area contributed by atoms with E-state index in [4.69, 9.17) is 4.74 Å². The fourth-order valence-electron chi connectivity index (χ4n) is 2.01. The number of hydrogen-bond acceptors (Lipinski definition) is 2. The number of alkyl halides is 6. The molecule has 0 saturated heterocycles. The Morgan fingerprint density at radius 3 is 1.92 bits per heavy atom. The van der Waals surface area contributed by atoms with Gasteiger partial charge in [-0.2, -0.15) is 26.3 Å². The fourth-order valence-corrected chi connectivity index (χ4v) is 2.01. The summed E-state index contributed by atoms with van der Waals surface area (Å²) in [6, 6.07) is 7.86. The number of benzene rings is 2. The van der Waals surface area contributed by atoms with Crippen LogP contribution in [0, 0.1) is 0 Å². The van der Waals surface area contributed by atoms with E-state index in [1.165, 1.54) is 6.07 Å². The molecule has 0 aliphatic heterocycles. The average molecular weight is 350 g/mol. The van der Waals surface area contributed by atoms with E-state index in [9.17, 15) is 31.4 Å². The molecule has 0 radical (unpaired) electrons. The lowest BCUT2D eigenvalue weighted by Gasteiger charge is -2.19. The topological polar surface area (TPSA) is 29.5 Å². The molecular weight excluding hydrogens is 338 g/mol. The molecule has 0 aliphatic rings. The molecule has 2 aromatic rings. The van der Waals surface area contributed by atoms with Crippen LogP contribution >= 0.6 is 0 Å². The van der Waals surface area contributed by atoms with E-state index in [2.05, 4.69) is 0 Å². The zero-order valence-corrected chi connectivity index (χ0v) is 12.0. The molecule has 1 atom stereocenters. The van der Waals surface area contributed by atoms with E-state index in [-0.39, 0.29) is 11.3 Å². The van der Waals surface area contributed by atoms with Crippen molar-refractivity contribution < 1.29 is 36.2 Å². The van der Waals surface area contributed by atoms with Crippen molar-refractivity contribution in [1.82, 2.24) is 0 Å². The van der Waals surface area contributed by atoms with Crippen LogP contribution < -0.4 is 4.74 Å². The normalized spacial score (nSPS) is 13.6. The quantitative estimate of drug-likeness (QED) is 0.800. The minimum Gasteiger partial charge on any atom is -0.483 e. The van der Waals surface area contributed by atoms with Gasteiger partial charge < -0.3 is 9.84 Å². The summed E-state index contributed by atoms with van der Waals surface area (Å²) in [5, 5.41) is 9.33. The first-order valence-electron chi connectivity index (χ1n) is 6.73. The van der Waals surface area contributed by atoms with Crippen LogP contribution in [0.3, 0.4) is 0 Å². The van der Waals surface area contributed by atoms with Crippen LogP contribution in [0.15, 0.2) is 48.5 Å². The van der Waals surface area contributed by atoms with Crippen molar-refractivity contribution in [1.29, 1.82) is 0 Å². The molecule has 0 aromatic heterocycles. The smallest absolute Gasteiger partial charge is 0.416 e. The van der Waals surface area contributed by atoms with E-state index in [0.29, 0.717) is 0 Å². The Bertz CT molecular complexity index is 676. The van der Waals surface area contributed by atoms with E-state index < -0.39 is 36.2 Å². The molecule has 0 aliphatic carbocycles. The van der Waals surface area contributed by atoms with Gasteiger partial charge in [-0.15, -0.1) is 0 Å². The largest absolute Gasteiger partial charge is 0.483 e. The predicted octanol–water partition coefficient (Wildman–Crippen LogP) is 4.84. The lowest BCUT2D eigenvalue weighted by molar-refractivity contribution is -0.138. The Morgan fingerprint density at radius 1 is 0.833 bits per heavy atom. The standard InChI is InChI=1S/C16H12F6O2/c17-15(18,19)11-6-4-10(5-7-11)14(9-23)24-13-3-1-2-12(8-13)16(20,21)22/h1-8,14,23H,9H2. The Balaban J connectivity index is 2.21. The molecule has 1 unspecified atom stereocenters. The number of ether oxygens (including phenoxy) is 1. The minimum atomic E-state index is -4.55. The third-order valence-electron chi connectivity index (χ3n) is 3.22. The van der Waals surface area contributed by atoms with E-state index in [1.54, 1.807) is 0 Å². The van der Waals surface area contributed by atoms with Crippen LogP contribution in [-0.2, 0) is 12.4 Å². The summed E-state index contributed by atoms with van der Waals surface area (Å²) in [4.78, 5) is 0. The van der Waals surface area contributed by atoms with Crippen molar-refractivity contribution in [3.63, 3.8) is 0 Å². The maximum absolute atomic E-state index is 12.7. The van der Waals surface area contributed by atoms with Crippen molar-refractivity contribution in [3.05, 3.63) is 65.2 Å². The lowest BCUT2D eigenvalue weighted by atomic mass is 10.1. The summed E-state index contributed by atoms with van der Waals surface area (Å²) in [5.41, 5.74) is -1.59. The first-order valence-corrected chi connectivity index (χ1v) is 6.73. The van der Waals surface area contributed by atoms with Gasteiger partial charge in [0.2, 0.25) is 0 Å². The van der Waals surface area contributed by atoms with Gasteiger partial charge >= 0.3 is 12.4 Å². The first-order chi connectivity index (χ1) is 11.1. The number of aliphatic hydroxyl groups excluding tert-OH is 1. The SMILES string of the molecule is OCC(Oc1cccc(C(F)(F)F)c1)c1ccc(C(F)(F)F)cc1. The highest BCUT2D eigenvalue weighted by Crippen LogP contribution is 2.33. The van der Waals surface area contributed by atoms with Gasteiger partial charge in [0, 0.05) is 0 Å². The third-order valence-corrected chi connectivity index (χ3v) is 3.22. The molecule has 130 valence electrons. The summed E-state index contributed by atoms with van der Waals surface area (Å²) >= 11 is 0. The Hall–Kier alpha value is -2.22. The Kier molecular flexibility index (Phi) is 5.08. The van der Waals surface area contributed by atoms with Gasteiger partial charge in [-0.1, -0.05) is 18.2 Å². The van der Waals surface area contributed by atoms with Gasteiger partial charge in [0.15, 0.2) is 0 Å². The zero-order chi connectivity index (χ0) is 18.0. The molecule has 0 saturated carbocycles. The maximum atomic E-state index is 12.7. The third kappa shape index (κ3) is 4.41. The molecule has 24 heavy (non-hydrogen) atoms. The van der Waals surface area contributed by atoms with Crippen molar-refractivity contribution in [2.45, 2.75) is 18.5 Å². The Morgan fingerprint density at radius 2 is 1.42 bits per heavy atom. The molecule has 2 rings (SSSR count). The monoisotopic (exact) mass is 350 g/mol. The summed E-state index contributed by atoms with van der Waals surface area (Å²) in [6.45, 7) is -0.610. The molecule has 1 N–H and O–H groups in total. The van der Waals surface area contributed by atoms with E-state index in [0.717, 1.165) is 42.5 Å². The van der Waals surface area contributed by atoms with Crippen molar-refractivity contribution >= 4 is 0 Å². The van der Waals surface area contributed by atoms with E-state index >= 15 is 0 Å². The molecule has 0 bridgehead atoms. The molecule has 0 fully saturated rings. The van der Waals surface area contributed by atoms with Gasteiger partial charge in [0.05, 0.1) is 17.7 Å². The fraction of sp³-hybridized carbons (Fsp3) is 0.250. The average Bonchev–Trinajstić information content (AvgIpc) is 2.51. The summed E-state index contributed by atoms with van der Waals surface area (Å²) in [6.07, 6.45) is -10.1. The number of hydrogen-bond donors (Lipinski definition) is 1. The number of aliphatic hydroxyl groups is 1. The first kappa shape index (κ1) is 18.1. The minimum absolute atomic E-state index is 0.149. The molecule has 0 heterocycles. The number of halogens is 6. The second-order valence-electron chi connectivity index (χ2n) is 4.93. The Labute approximate surface area is 133 Å². The molecule has 2 aromatic carbocycles. The van der Waals surface area contributed by atoms with Gasteiger partial charge in [0.1, 0.15) is 11.9 Å². The molecule has 2 nitrogen and oxygen atoms in total. The summed E-state index contributed by atoms with van der Waals surface area (Å²) < 4.78 is 80.8. The predicted molar refractivity (Wildman–Crippen MR) is 73.3 cm³/mol.